The third-order valence-corrected chi connectivity index (χ3v) is 6.56. The quantitative estimate of drug-likeness (QED) is 0.362. The summed E-state index contributed by atoms with van der Waals surface area (Å²) in [7, 11) is 0. The number of rotatable bonds is 7. The molecule has 4 atom stereocenters. The maximum atomic E-state index is 10.6. The van der Waals surface area contributed by atoms with Crippen molar-refractivity contribution in [2.75, 3.05) is 39.4 Å². The van der Waals surface area contributed by atoms with E-state index in [0.29, 0.717) is 18.8 Å². The molecule has 3 aliphatic heterocycles. The molecule has 7 heteroatoms. The standard InChI is InChI=1S/C23H38ClN3O3/c1-17(2)14-20(28)4-3-5-23(29)27-8-6-18(7-9-27)19-15-21(24)25-22(16-19)26-10-12-30-13-11-26/h6,14,19-21,23,28-29H,3-5,7-13,15-16H2,1-2H3. The first-order valence-electron chi connectivity index (χ1n) is 11.4. The minimum absolute atomic E-state index is 0.154. The molecule has 4 unspecified atom stereocenters. The lowest BCUT2D eigenvalue weighted by molar-refractivity contribution is -0.000763. The summed E-state index contributed by atoms with van der Waals surface area (Å²) in [4.78, 5) is 9.17. The number of allylic oxidation sites excluding steroid dienone is 1. The number of nitrogens with zero attached hydrogens (tertiary/aromatic N) is 3. The van der Waals surface area contributed by atoms with Gasteiger partial charge in [0.25, 0.3) is 0 Å². The van der Waals surface area contributed by atoms with Crippen molar-refractivity contribution < 1.29 is 14.9 Å². The van der Waals surface area contributed by atoms with Crippen molar-refractivity contribution in [2.24, 2.45) is 10.9 Å². The molecular formula is C23H38ClN3O3. The molecule has 0 bridgehead atoms. The molecule has 3 rings (SSSR count). The second-order valence-electron chi connectivity index (χ2n) is 8.96. The highest BCUT2D eigenvalue weighted by Crippen LogP contribution is 2.33. The van der Waals surface area contributed by atoms with E-state index in [-0.39, 0.29) is 5.50 Å². The molecule has 6 nitrogen and oxygen atoms in total. The molecule has 3 heterocycles. The molecule has 0 aromatic rings. The second kappa shape index (κ2) is 11.6. The van der Waals surface area contributed by atoms with Gasteiger partial charge in [0.1, 0.15) is 17.6 Å². The Labute approximate surface area is 186 Å². The number of hydrogen-bond acceptors (Lipinski definition) is 6. The molecule has 30 heavy (non-hydrogen) atoms. The van der Waals surface area contributed by atoms with E-state index in [2.05, 4.69) is 15.9 Å². The topological polar surface area (TPSA) is 68.5 Å². The van der Waals surface area contributed by atoms with E-state index in [1.165, 1.54) is 5.57 Å². The molecule has 1 fully saturated rings. The van der Waals surface area contributed by atoms with Crippen LogP contribution in [0.1, 0.15) is 52.4 Å². The molecule has 0 radical (unpaired) electrons. The predicted octanol–water partition coefficient (Wildman–Crippen LogP) is 3.14. The summed E-state index contributed by atoms with van der Waals surface area (Å²) in [6.45, 7) is 8.95. The van der Waals surface area contributed by atoms with Gasteiger partial charge in [0.2, 0.25) is 0 Å². The van der Waals surface area contributed by atoms with Crippen molar-refractivity contribution in [2.45, 2.75) is 70.2 Å². The van der Waals surface area contributed by atoms with Crippen molar-refractivity contribution in [3.8, 4) is 0 Å². The number of hydrogen-bond donors (Lipinski definition) is 2. The number of aliphatic hydroxyl groups is 2. The number of ether oxygens (including phenoxy) is 1. The number of morpholine rings is 1. The molecule has 0 aliphatic carbocycles. The zero-order chi connectivity index (χ0) is 21.5. The van der Waals surface area contributed by atoms with Gasteiger partial charge in [-0.15, -0.1) is 0 Å². The normalized spacial score (nSPS) is 27.8. The number of aliphatic hydroxyl groups excluding tert-OH is 2. The van der Waals surface area contributed by atoms with Crippen LogP contribution in [-0.4, -0.2) is 83.1 Å². The van der Waals surface area contributed by atoms with Crippen molar-refractivity contribution >= 4 is 17.4 Å². The highest BCUT2D eigenvalue weighted by Gasteiger charge is 2.30. The average Bonchev–Trinajstić information content (AvgIpc) is 2.73. The Bertz CT molecular complexity index is 642. The minimum Gasteiger partial charge on any atom is -0.389 e. The third kappa shape index (κ3) is 7.06. The Morgan fingerprint density at radius 2 is 2.03 bits per heavy atom. The highest BCUT2D eigenvalue weighted by atomic mass is 35.5. The number of aliphatic imine (C=N–C) groups is 1. The number of alkyl halides is 1. The Morgan fingerprint density at radius 1 is 1.27 bits per heavy atom. The first-order valence-corrected chi connectivity index (χ1v) is 11.8. The van der Waals surface area contributed by atoms with E-state index in [1.807, 2.05) is 19.9 Å². The van der Waals surface area contributed by atoms with Crippen LogP contribution >= 0.6 is 11.6 Å². The van der Waals surface area contributed by atoms with Gasteiger partial charge in [0.15, 0.2) is 0 Å². The fourth-order valence-corrected chi connectivity index (χ4v) is 4.95. The summed E-state index contributed by atoms with van der Waals surface area (Å²) < 4.78 is 5.47. The Balaban J connectivity index is 1.47. The SMILES string of the molecule is CC(C)=CC(O)CCCC(O)N1CC=C(C2CC(N3CCOCC3)=NC(Cl)C2)CC1. The lowest BCUT2D eigenvalue weighted by atomic mass is 9.86. The van der Waals surface area contributed by atoms with Crippen LogP contribution in [0.3, 0.4) is 0 Å². The van der Waals surface area contributed by atoms with Crippen molar-refractivity contribution in [1.82, 2.24) is 9.80 Å². The molecule has 1 saturated heterocycles. The van der Waals surface area contributed by atoms with Crippen molar-refractivity contribution in [1.29, 1.82) is 0 Å². The average molecular weight is 440 g/mol. The lowest BCUT2D eigenvalue weighted by Gasteiger charge is -2.38. The zero-order valence-electron chi connectivity index (χ0n) is 18.5. The first kappa shape index (κ1) is 23.7. The van der Waals surface area contributed by atoms with E-state index < -0.39 is 12.3 Å². The van der Waals surface area contributed by atoms with Gasteiger partial charge in [-0.3, -0.25) is 9.89 Å². The Kier molecular flexibility index (Phi) is 9.20. The van der Waals surface area contributed by atoms with Crippen LogP contribution in [0.4, 0.5) is 0 Å². The van der Waals surface area contributed by atoms with Gasteiger partial charge in [-0.2, -0.15) is 0 Å². The van der Waals surface area contributed by atoms with E-state index in [0.717, 1.165) is 76.5 Å². The summed E-state index contributed by atoms with van der Waals surface area (Å²) in [6, 6.07) is 0. The summed E-state index contributed by atoms with van der Waals surface area (Å²) >= 11 is 6.49. The van der Waals surface area contributed by atoms with Gasteiger partial charge in [0, 0.05) is 32.6 Å². The third-order valence-electron chi connectivity index (χ3n) is 6.28. The van der Waals surface area contributed by atoms with E-state index >= 15 is 0 Å². The van der Waals surface area contributed by atoms with Crippen LogP contribution in [0.15, 0.2) is 28.3 Å². The van der Waals surface area contributed by atoms with Crippen LogP contribution < -0.4 is 0 Å². The Morgan fingerprint density at radius 3 is 2.70 bits per heavy atom. The fraction of sp³-hybridized carbons (Fsp3) is 0.783. The van der Waals surface area contributed by atoms with Crippen LogP contribution in [0, 0.1) is 5.92 Å². The van der Waals surface area contributed by atoms with Gasteiger partial charge in [-0.1, -0.05) is 34.9 Å². The molecule has 0 amide bonds. The fourth-order valence-electron chi connectivity index (χ4n) is 4.62. The van der Waals surface area contributed by atoms with Crippen LogP contribution in [0.25, 0.3) is 0 Å². The molecule has 0 saturated carbocycles. The summed E-state index contributed by atoms with van der Waals surface area (Å²) in [5.74, 6) is 1.58. The zero-order valence-corrected chi connectivity index (χ0v) is 19.2. The van der Waals surface area contributed by atoms with E-state index in [9.17, 15) is 10.2 Å². The van der Waals surface area contributed by atoms with Crippen molar-refractivity contribution in [3.05, 3.63) is 23.3 Å². The smallest absolute Gasteiger partial charge is 0.126 e. The maximum absolute atomic E-state index is 10.6. The van der Waals surface area contributed by atoms with E-state index in [1.54, 1.807) is 0 Å². The summed E-state index contributed by atoms with van der Waals surface area (Å²) in [6.07, 6.45) is 8.35. The van der Waals surface area contributed by atoms with Gasteiger partial charge in [0.05, 0.1) is 19.3 Å². The van der Waals surface area contributed by atoms with Crippen LogP contribution in [0.2, 0.25) is 0 Å². The highest BCUT2D eigenvalue weighted by molar-refractivity contribution is 6.21. The molecule has 0 aromatic carbocycles. The van der Waals surface area contributed by atoms with Crippen molar-refractivity contribution in [3.63, 3.8) is 0 Å². The van der Waals surface area contributed by atoms with Crippen LogP contribution in [0.5, 0.6) is 0 Å². The Hall–Kier alpha value is -0.920. The van der Waals surface area contributed by atoms with Gasteiger partial charge in [-0.05, 0) is 51.9 Å². The second-order valence-corrected chi connectivity index (χ2v) is 9.47. The predicted molar refractivity (Wildman–Crippen MR) is 122 cm³/mol. The summed E-state index contributed by atoms with van der Waals surface area (Å²) in [5.41, 5.74) is 2.43. The molecule has 170 valence electrons. The lowest BCUT2D eigenvalue weighted by Crippen LogP contribution is -2.44. The molecular weight excluding hydrogens is 402 g/mol. The van der Waals surface area contributed by atoms with E-state index in [4.69, 9.17) is 21.3 Å². The minimum atomic E-state index is -0.445. The monoisotopic (exact) mass is 439 g/mol. The summed E-state index contributed by atoms with van der Waals surface area (Å²) in [5, 5.41) is 20.5. The van der Waals surface area contributed by atoms with Crippen LogP contribution in [-0.2, 0) is 4.74 Å². The molecule has 0 aromatic heterocycles. The molecule has 2 N–H and O–H groups in total. The number of halogens is 1. The number of amidine groups is 1. The van der Waals surface area contributed by atoms with Gasteiger partial charge < -0.3 is 19.8 Å². The largest absolute Gasteiger partial charge is 0.389 e. The first-order chi connectivity index (χ1) is 14.4. The molecule has 0 spiro atoms. The van der Waals surface area contributed by atoms with Gasteiger partial charge >= 0.3 is 0 Å². The molecule has 3 aliphatic rings. The van der Waals surface area contributed by atoms with Gasteiger partial charge in [-0.25, -0.2) is 0 Å². The maximum Gasteiger partial charge on any atom is 0.126 e.